The van der Waals surface area contributed by atoms with Crippen molar-refractivity contribution in [2.24, 2.45) is 0 Å². The molecule has 51 heavy (non-hydrogen) atoms. The number of fused-ring (bicyclic) bond motifs is 2. The summed E-state index contributed by atoms with van der Waals surface area (Å²) in [4.78, 5) is 16.7. The number of rotatable bonds is 17. The summed E-state index contributed by atoms with van der Waals surface area (Å²) in [5.74, 6) is 1.26. The Morgan fingerprint density at radius 3 is 2.49 bits per heavy atom. The van der Waals surface area contributed by atoms with Crippen LogP contribution in [0.1, 0.15) is 36.7 Å². The molecule has 16 heteroatoms. The molecule has 0 spiro atoms. The summed E-state index contributed by atoms with van der Waals surface area (Å²) in [6, 6.07) is 9.65. The zero-order chi connectivity index (χ0) is 36.7. The lowest BCUT2D eigenvalue weighted by molar-refractivity contribution is -0.675. The van der Waals surface area contributed by atoms with E-state index in [1.807, 2.05) is 40.5 Å². The van der Waals surface area contributed by atoms with E-state index >= 15 is 0 Å². The van der Waals surface area contributed by atoms with E-state index in [0.29, 0.717) is 68.7 Å². The largest absolute Gasteiger partial charge is 0.394 e. The fraction of sp³-hybridized carbons (Fsp3) is 0.486. The van der Waals surface area contributed by atoms with Crippen molar-refractivity contribution in [3.05, 3.63) is 65.3 Å². The number of morpholine rings is 1. The standard InChI is InChI=1S/C35H47N5O9S2/c1-26-23-31-32(24-27(26)2)39(13-11-28(3)42)34(36(31)4)7-5-8-35-38(12-6-22-51(44,45)46)33-25-29(50(43)49-37-14-18-47-19-15-37)9-10-30(33)40(35)16-20-48-21-17-41/h5,7-10,23-25,41H,6,11-22H2,1-4H3/p+1. The van der Waals surface area contributed by atoms with Crippen molar-refractivity contribution in [2.45, 2.75) is 51.6 Å². The second-order valence-electron chi connectivity index (χ2n) is 12.6. The Morgan fingerprint density at radius 2 is 1.80 bits per heavy atom. The number of benzene rings is 2. The van der Waals surface area contributed by atoms with E-state index in [1.54, 1.807) is 24.1 Å². The number of aliphatic hydroxyl groups is 1. The fourth-order valence-corrected chi connectivity index (χ4v) is 7.51. The quantitative estimate of drug-likeness (QED) is 0.119. The SMILES string of the molecule is CC(=O)CCN1C(=CC=Cc2n(CCCS(=O)(=O)O)c3cc(S(=O)ON4CCOCC4)ccc3[n+]2CCOCCO)N(C)c2cc(C)c(C)cc21. The van der Waals surface area contributed by atoms with E-state index in [9.17, 15) is 27.1 Å². The summed E-state index contributed by atoms with van der Waals surface area (Å²) in [5.41, 5.74) is 5.86. The molecule has 3 aromatic rings. The van der Waals surface area contributed by atoms with Crippen molar-refractivity contribution >= 4 is 55.5 Å². The number of ether oxygens (including phenoxy) is 2. The molecule has 0 bridgehead atoms. The number of aliphatic hydroxyl groups excluding tert-OH is 1. The van der Waals surface area contributed by atoms with E-state index in [-0.39, 0.29) is 32.0 Å². The molecular formula is C35H48N5O9S2+. The number of hydrogen-bond donors (Lipinski definition) is 2. The minimum absolute atomic E-state index is 0.0966. The van der Waals surface area contributed by atoms with Gasteiger partial charge in [0.05, 0.1) is 61.6 Å². The van der Waals surface area contributed by atoms with Crippen molar-refractivity contribution in [1.82, 2.24) is 9.63 Å². The van der Waals surface area contributed by atoms with Gasteiger partial charge in [-0.15, -0.1) is 0 Å². The number of imidazole rings is 1. The first-order valence-electron chi connectivity index (χ1n) is 17.0. The third-order valence-electron chi connectivity index (χ3n) is 8.94. The van der Waals surface area contributed by atoms with Crippen molar-refractivity contribution in [3.8, 4) is 0 Å². The molecule has 1 unspecified atom stereocenters. The molecule has 14 nitrogen and oxygen atoms in total. The molecule has 2 aliphatic rings. The van der Waals surface area contributed by atoms with Gasteiger partial charge in [-0.05, 0) is 62.2 Å². The summed E-state index contributed by atoms with van der Waals surface area (Å²) in [6.07, 6.45) is 6.32. The lowest BCUT2D eigenvalue weighted by Crippen LogP contribution is -2.39. The lowest BCUT2D eigenvalue weighted by Gasteiger charge is -2.24. The molecule has 1 fully saturated rings. The predicted molar refractivity (Wildman–Crippen MR) is 195 cm³/mol. The van der Waals surface area contributed by atoms with Crippen LogP contribution in [-0.2, 0) is 52.8 Å². The maximum atomic E-state index is 13.3. The zero-order valence-electron chi connectivity index (χ0n) is 29.6. The first-order chi connectivity index (χ1) is 24.4. The van der Waals surface area contributed by atoms with Gasteiger partial charge in [-0.25, -0.2) is 13.3 Å². The van der Waals surface area contributed by atoms with E-state index < -0.39 is 27.0 Å². The molecule has 2 N–H and O–H groups in total. The average Bonchev–Trinajstić information content (AvgIpc) is 3.51. The molecule has 0 saturated carbocycles. The predicted octanol–water partition coefficient (Wildman–Crippen LogP) is 2.91. The number of nitrogens with zero attached hydrogens (tertiary/aromatic N) is 5. The Hall–Kier alpha value is -3.48. The van der Waals surface area contributed by atoms with Crippen LogP contribution in [0.2, 0.25) is 0 Å². The zero-order valence-corrected chi connectivity index (χ0v) is 31.2. The van der Waals surface area contributed by atoms with E-state index in [4.69, 9.17) is 13.8 Å². The van der Waals surface area contributed by atoms with Crippen LogP contribution >= 0.6 is 0 Å². The Morgan fingerprint density at radius 1 is 1.08 bits per heavy atom. The number of Topliss-reactive ketones (excluding diaryl/α,β-unsaturated/α-hetero) is 1. The highest BCUT2D eigenvalue weighted by atomic mass is 32.2. The van der Waals surface area contributed by atoms with Crippen LogP contribution in [-0.4, -0.2) is 103 Å². The number of ketones is 1. The van der Waals surface area contributed by atoms with Gasteiger partial charge in [-0.1, -0.05) is 6.08 Å². The number of hydrogen-bond acceptors (Lipinski definition) is 11. The second kappa shape index (κ2) is 17.4. The van der Waals surface area contributed by atoms with Gasteiger partial charge in [-0.2, -0.15) is 17.8 Å². The Labute approximate surface area is 301 Å². The molecule has 278 valence electrons. The molecule has 2 aliphatic heterocycles. The van der Waals surface area contributed by atoms with Gasteiger partial charge in [-0.3, -0.25) is 9.35 Å². The van der Waals surface area contributed by atoms with Gasteiger partial charge in [0.1, 0.15) is 18.1 Å². The minimum Gasteiger partial charge on any atom is -0.394 e. The van der Waals surface area contributed by atoms with Crippen molar-refractivity contribution < 1.29 is 45.4 Å². The highest BCUT2D eigenvalue weighted by molar-refractivity contribution is 7.85. The van der Waals surface area contributed by atoms with Crippen LogP contribution in [0.5, 0.6) is 0 Å². The summed E-state index contributed by atoms with van der Waals surface area (Å²) in [5, 5.41) is 10.9. The second-order valence-corrected chi connectivity index (χ2v) is 15.3. The van der Waals surface area contributed by atoms with Gasteiger partial charge < -0.3 is 24.4 Å². The highest BCUT2D eigenvalue weighted by Crippen LogP contribution is 2.42. The number of aryl methyl sites for hydroxylation is 3. The third-order valence-corrected chi connectivity index (χ3v) is 10.7. The van der Waals surface area contributed by atoms with Crippen molar-refractivity contribution in [2.75, 3.05) is 75.3 Å². The molecule has 0 aliphatic carbocycles. The van der Waals surface area contributed by atoms with E-state index in [2.05, 4.69) is 35.8 Å². The number of anilines is 2. The summed E-state index contributed by atoms with van der Waals surface area (Å²) in [6.45, 7) is 9.16. The Kier molecular flexibility index (Phi) is 13.2. The Balaban J connectivity index is 1.57. The van der Waals surface area contributed by atoms with Gasteiger partial charge in [0.2, 0.25) is 11.1 Å². The van der Waals surface area contributed by atoms with Crippen molar-refractivity contribution in [3.63, 3.8) is 0 Å². The number of aromatic nitrogens is 2. The van der Waals surface area contributed by atoms with Crippen LogP contribution in [0.25, 0.3) is 17.1 Å². The molecule has 0 radical (unpaired) electrons. The summed E-state index contributed by atoms with van der Waals surface area (Å²) in [7, 11) is -2.21. The van der Waals surface area contributed by atoms with E-state index in [0.717, 1.165) is 28.3 Å². The normalized spacial score (nSPS) is 16.9. The number of hydroxylamine groups is 2. The molecule has 1 aromatic heterocycles. The fourth-order valence-electron chi connectivity index (χ4n) is 6.21. The van der Waals surface area contributed by atoms with Crippen LogP contribution in [0.15, 0.2) is 53.2 Å². The van der Waals surface area contributed by atoms with Crippen molar-refractivity contribution in [1.29, 1.82) is 0 Å². The van der Waals surface area contributed by atoms with E-state index in [1.165, 1.54) is 5.56 Å². The smallest absolute Gasteiger partial charge is 0.282 e. The molecule has 3 heterocycles. The lowest BCUT2D eigenvalue weighted by atomic mass is 10.1. The molecule has 0 amide bonds. The molecule has 1 saturated heterocycles. The van der Waals surface area contributed by atoms with Crippen LogP contribution in [0, 0.1) is 13.8 Å². The van der Waals surface area contributed by atoms with Crippen LogP contribution in [0.4, 0.5) is 11.4 Å². The number of allylic oxidation sites excluding steroid dienone is 2. The average molecular weight is 747 g/mol. The highest BCUT2D eigenvalue weighted by Gasteiger charge is 2.30. The summed E-state index contributed by atoms with van der Waals surface area (Å²) < 4.78 is 67.0. The number of carbonyl (C=O) groups excluding carboxylic acids is 1. The minimum atomic E-state index is -4.21. The van der Waals surface area contributed by atoms with Gasteiger partial charge in [0, 0.05) is 51.7 Å². The van der Waals surface area contributed by atoms with Gasteiger partial charge >= 0.3 is 0 Å². The monoisotopic (exact) mass is 746 g/mol. The number of carbonyl (C=O) groups is 1. The first kappa shape index (κ1) is 38.7. The molecule has 5 rings (SSSR count). The Bertz CT molecular complexity index is 1920. The molecule has 1 atom stereocenters. The summed E-state index contributed by atoms with van der Waals surface area (Å²) >= 11 is -1.82. The topological polar surface area (TPSA) is 155 Å². The third kappa shape index (κ3) is 9.70. The molecule has 2 aromatic carbocycles. The molecular weight excluding hydrogens is 699 g/mol. The van der Waals surface area contributed by atoms with Gasteiger partial charge in [0.15, 0.2) is 11.0 Å². The van der Waals surface area contributed by atoms with Crippen LogP contribution in [0.3, 0.4) is 0 Å². The van der Waals surface area contributed by atoms with Gasteiger partial charge in [0.25, 0.3) is 15.9 Å². The maximum Gasteiger partial charge on any atom is 0.282 e. The van der Waals surface area contributed by atoms with Crippen LogP contribution < -0.4 is 14.4 Å². The maximum absolute atomic E-state index is 13.3. The first-order valence-corrected chi connectivity index (χ1v) is 19.7.